The summed E-state index contributed by atoms with van der Waals surface area (Å²) in [5.74, 6) is 1.10. The Morgan fingerprint density at radius 3 is 2.76 bits per heavy atom. The van der Waals surface area contributed by atoms with Crippen LogP contribution in [0.4, 0.5) is 5.69 Å². The molecule has 124 valence electrons. The van der Waals surface area contributed by atoms with Crippen molar-refractivity contribution in [1.29, 1.82) is 0 Å². The average Bonchev–Trinajstić information content (AvgIpc) is 3.21. The molecule has 0 radical (unpaired) electrons. The Morgan fingerprint density at radius 2 is 1.96 bits per heavy atom. The molecule has 0 saturated heterocycles. The van der Waals surface area contributed by atoms with Gasteiger partial charge in [0.05, 0.1) is 17.2 Å². The van der Waals surface area contributed by atoms with Crippen LogP contribution in [0, 0.1) is 6.92 Å². The lowest BCUT2D eigenvalue weighted by Gasteiger charge is -2.05. The van der Waals surface area contributed by atoms with Crippen molar-refractivity contribution in [2.24, 2.45) is 7.05 Å². The SMILES string of the molecule is Cc1nc2cc(NC(=O)c3cnoc3-c3ccccc3)ccc2n1C. The van der Waals surface area contributed by atoms with Gasteiger partial charge in [-0.05, 0) is 25.1 Å². The summed E-state index contributed by atoms with van der Waals surface area (Å²) in [6.07, 6.45) is 1.43. The second-order valence-electron chi connectivity index (χ2n) is 5.81. The third kappa shape index (κ3) is 2.67. The molecule has 25 heavy (non-hydrogen) atoms. The quantitative estimate of drug-likeness (QED) is 0.619. The van der Waals surface area contributed by atoms with E-state index < -0.39 is 0 Å². The Morgan fingerprint density at radius 1 is 1.16 bits per heavy atom. The molecule has 0 aliphatic heterocycles. The zero-order valence-electron chi connectivity index (χ0n) is 13.9. The molecule has 0 fully saturated rings. The van der Waals surface area contributed by atoms with Gasteiger partial charge in [-0.3, -0.25) is 4.79 Å². The van der Waals surface area contributed by atoms with Gasteiger partial charge in [-0.15, -0.1) is 0 Å². The van der Waals surface area contributed by atoms with Crippen molar-refractivity contribution < 1.29 is 9.32 Å². The van der Waals surface area contributed by atoms with Crippen LogP contribution in [0.1, 0.15) is 16.2 Å². The van der Waals surface area contributed by atoms with Gasteiger partial charge in [-0.2, -0.15) is 0 Å². The van der Waals surface area contributed by atoms with Gasteiger partial charge >= 0.3 is 0 Å². The third-order valence-electron chi connectivity index (χ3n) is 4.21. The molecule has 2 heterocycles. The highest BCUT2D eigenvalue weighted by molar-refractivity contribution is 6.08. The Labute approximate surface area is 144 Å². The highest BCUT2D eigenvalue weighted by Crippen LogP contribution is 2.25. The number of rotatable bonds is 3. The summed E-state index contributed by atoms with van der Waals surface area (Å²) in [6.45, 7) is 1.95. The highest BCUT2D eigenvalue weighted by Gasteiger charge is 2.18. The van der Waals surface area contributed by atoms with Gasteiger partial charge in [0.15, 0.2) is 5.76 Å². The second-order valence-corrected chi connectivity index (χ2v) is 5.81. The van der Waals surface area contributed by atoms with E-state index in [9.17, 15) is 4.79 Å². The van der Waals surface area contributed by atoms with E-state index in [1.54, 1.807) is 0 Å². The first-order chi connectivity index (χ1) is 12.1. The first kappa shape index (κ1) is 15.1. The molecule has 0 spiro atoms. The molecule has 0 atom stereocenters. The number of nitrogens with one attached hydrogen (secondary N) is 1. The Kier molecular flexibility index (Phi) is 3.57. The van der Waals surface area contributed by atoms with Crippen molar-refractivity contribution in [3.63, 3.8) is 0 Å². The normalized spacial score (nSPS) is 11.0. The van der Waals surface area contributed by atoms with Crippen LogP contribution in [0.25, 0.3) is 22.4 Å². The molecule has 0 saturated carbocycles. The fourth-order valence-corrected chi connectivity index (χ4v) is 2.80. The van der Waals surface area contributed by atoms with Gasteiger partial charge in [-0.1, -0.05) is 35.5 Å². The molecule has 0 unspecified atom stereocenters. The van der Waals surface area contributed by atoms with Gasteiger partial charge in [-0.25, -0.2) is 4.98 Å². The Bertz CT molecular complexity index is 1060. The van der Waals surface area contributed by atoms with Crippen molar-refractivity contribution in [2.75, 3.05) is 5.32 Å². The first-order valence-corrected chi connectivity index (χ1v) is 7.88. The summed E-state index contributed by atoms with van der Waals surface area (Å²) >= 11 is 0. The van der Waals surface area contributed by atoms with Gasteiger partial charge < -0.3 is 14.4 Å². The lowest BCUT2D eigenvalue weighted by atomic mass is 10.1. The average molecular weight is 332 g/mol. The fourth-order valence-electron chi connectivity index (χ4n) is 2.80. The molecule has 1 amide bonds. The van der Waals surface area contributed by atoms with E-state index in [-0.39, 0.29) is 5.91 Å². The van der Waals surface area contributed by atoms with Crippen LogP contribution in [0.3, 0.4) is 0 Å². The van der Waals surface area contributed by atoms with Gasteiger partial charge in [0.25, 0.3) is 5.91 Å². The minimum absolute atomic E-state index is 0.271. The molecule has 0 bridgehead atoms. The molecule has 2 aromatic heterocycles. The topological polar surface area (TPSA) is 73.0 Å². The maximum Gasteiger partial charge on any atom is 0.261 e. The van der Waals surface area contributed by atoms with Crippen LogP contribution in [-0.4, -0.2) is 20.6 Å². The van der Waals surface area contributed by atoms with E-state index in [1.807, 2.05) is 67.1 Å². The summed E-state index contributed by atoms with van der Waals surface area (Å²) < 4.78 is 7.28. The molecule has 0 aliphatic rings. The molecule has 2 aromatic carbocycles. The van der Waals surface area contributed by atoms with E-state index in [0.29, 0.717) is 17.0 Å². The van der Waals surface area contributed by atoms with Crippen LogP contribution in [0.5, 0.6) is 0 Å². The van der Waals surface area contributed by atoms with Crippen LogP contribution >= 0.6 is 0 Å². The number of aromatic nitrogens is 3. The minimum Gasteiger partial charge on any atom is -0.355 e. The number of fused-ring (bicyclic) bond motifs is 1. The summed E-state index contributed by atoms with van der Waals surface area (Å²) in [4.78, 5) is 17.1. The van der Waals surface area contributed by atoms with E-state index in [2.05, 4.69) is 15.5 Å². The summed E-state index contributed by atoms with van der Waals surface area (Å²) in [5.41, 5.74) is 3.73. The maximum atomic E-state index is 12.6. The van der Waals surface area contributed by atoms with Gasteiger partial charge in [0.1, 0.15) is 11.4 Å². The van der Waals surface area contributed by atoms with Crippen molar-refractivity contribution in [3.8, 4) is 11.3 Å². The number of carbonyl (C=O) groups excluding carboxylic acids is 1. The predicted molar refractivity (Wildman–Crippen MR) is 95.3 cm³/mol. The van der Waals surface area contributed by atoms with Crippen molar-refractivity contribution in [1.82, 2.24) is 14.7 Å². The number of aryl methyl sites for hydroxylation is 2. The van der Waals surface area contributed by atoms with Gasteiger partial charge in [0, 0.05) is 18.3 Å². The zero-order chi connectivity index (χ0) is 17.4. The minimum atomic E-state index is -0.271. The van der Waals surface area contributed by atoms with Gasteiger partial charge in [0.2, 0.25) is 0 Å². The van der Waals surface area contributed by atoms with E-state index >= 15 is 0 Å². The smallest absolute Gasteiger partial charge is 0.261 e. The molecule has 4 aromatic rings. The standard InChI is InChI=1S/C19H16N4O2/c1-12-21-16-10-14(8-9-17(16)23(12)2)22-19(24)15-11-20-25-18(15)13-6-4-3-5-7-13/h3-11H,1-2H3,(H,22,24). The monoisotopic (exact) mass is 332 g/mol. The molecule has 6 nitrogen and oxygen atoms in total. The van der Waals surface area contributed by atoms with Crippen LogP contribution in [-0.2, 0) is 7.05 Å². The molecule has 6 heteroatoms. The van der Waals surface area contributed by atoms with Crippen molar-refractivity contribution in [3.05, 3.63) is 66.1 Å². The molecule has 4 rings (SSSR count). The second kappa shape index (κ2) is 5.90. The summed E-state index contributed by atoms with van der Waals surface area (Å²) in [6, 6.07) is 15.1. The van der Waals surface area contributed by atoms with E-state index in [0.717, 1.165) is 22.4 Å². The van der Waals surface area contributed by atoms with Crippen LogP contribution < -0.4 is 5.32 Å². The fraction of sp³-hybridized carbons (Fsp3) is 0.105. The van der Waals surface area contributed by atoms with Crippen LogP contribution in [0.2, 0.25) is 0 Å². The van der Waals surface area contributed by atoms with Crippen molar-refractivity contribution in [2.45, 2.75) is 6.92 Å². The third-order valence-corrected chi connectivity index (χ3v) is 4.21. The van der Waals surface area contributed by atoms with Crippen molar-refractivity contribution >= 4 is 22.6 Å². The zero-order valence-corrected chi connectivity index (χ0v) is 13.9. The summed E-state index contributed by atoms with van der Waals surface area (Å²) in [7, 11) is 1.96. The lowest BCUT2D eigenvalue weighted by Crippen LogP contribution is -2.12. The number of imidazole rings is 1. The summed E-state index contributed by atoms with van der Waals surface area (Å²) in [5, 5.41) is 6.66. The maximum absolute atomic E-state index is 12.6. The number of amides is 1. The Balaban J connectivity index is 1.64. The largest absolute Gasteiger partial charge is 0.355 e. The number of hydrogen-bond acceptors (Lipinski definition) is 4. The highest BCUT2D eigenvalue weighted by atomic mass is 16.5. The molecular formula is C19H16N4O2. The molecular weight excluding hydrogens is 316 g/mol. The molecule has 0 aliphatic carbocycles. The Hall–Kier alpha value is -3.41. The first-order valence-electron chi connectivity index (χ1n) is 7.88. The number of hydrogen-bond donors (Lipinski definition) is 1. The van der Waals surface area contributed by atoms with Crippen LogP contribution in [0.15, 0.2) is 59.3 Å². The predicted octanol–water partition coefficient (Wildman–Crippen LogP) is 3.79. The number of carbonyl (C=O) groups is 1. The number of nitrogens with zero attached hydrogens (tertiary/aromatic N) is 3. The number of benzene rings is 2. The molecule has 1 N–H and O–H groups in total. The number of anilines is 1. The van der Waals surface area contributed by atoms with E-state index in [4.69, 9.17) is 4.52 Å². The lowest BCUT2D eigenvalue weighted by molar-refractivity contribution is 0.102. The van der Waals surface area contributed by atoms with E-state index in [1.165, 1.54) is 6.20 Å².